The molecule has 1 unspecified atom stereocenters. The Morgan fingerprint density at radius 1 is 1.39 bits per heavy atom. The molecule has 1 heterocycles. The molecule has 1 fully saturated rings. The van der Waals surface area contributed by atoms with Crippen LogP contribution in [-0.2, 0) is 5.41 Å². The van der Waals surface area contributed by atoms with Crippen LogP contribution < -0.4 is 5.32 Å². The fourth-order valence-electron chi connectivity index (χ4n) is 2.54. The van der Waals surface area contributed by atoms with Gasteiger partial charge in [0.15, 0.2) is 0 Å². The van der Waals surface area contributed by atoms with Gasteiger partial charge in [-0.25, -0.2) is 0 Å². The Morgan fingerprint density at radius 2 is 2.11 bits per heavy atom. The zero-order chi connectivity index (χ0) is 13.2. The third-order valence-corrected chi connectivity index (χ3v) is 4.62. The van der Waals surface area contributed by atoms with Crippen molar-refractivity contribution >= 4 is 11.5 Å². The molecule has 0 saturated heterocycles. The van der Waals surface area contributed by atoms with Crippen LogP contribution in [0.3, 0.4) is 0 Å². The lowest BCUT2D eigenvalue weighted by Gasteiger charge is -2.30. The minimum absolute atomic E-state index is 0.0929. The van der Waals surface area contributed by atoms with E-state index in [0.717, 1.165) is 12.5 Å². The molecular formula is C14H25N3S. The number of hydrogen-bond acceptors (Lipinski definition) is 4. The van der Waals surface area contributed by atoms with Crippen molar-refractivity contribution in [1.82, 2.24) is 14.9 Å². The van der Waals surface area contributed by atoms with Crippen molar-refractivity contribution in [2.45, 2.75) is 64.8 Å². The first-order valence-corrected chi connectivity index (χ1v) is 7.85. The Kier molecular flexibility index (Phi) is 4.38. The maximum Gasteiger partial charge on any atom is 0.0857 e. The molecule has 0 radical (unpaired) electrons. The van der Waals surface area contributed by atoms with Crippen LogP contribution in [0.4, 0.5) is 0 Å². The van der Waals surface area contributed by atoms with Gasteiger partial charge in [-0.2, -0.15) is 0 Å². The molecule has 1 aromatic rings. The van der Waals surface area contributed by atoms with Gasteiger partial charge in [0, 0.05) is 11.5 Å². The van der Waals surface area contributed by atoms with E-state index in [1.807, 2.05) is 0 Å². The first-order valence-electron chi connectivity index (χ1n) is 7.08. The molecule has 4 heteroatoms. The van der Waals surface area contributed by atoms with E-state index in [1.54, 1.807) is 11.5 Å². The van der Waals surface area contributed by atoms with E-state index in [9.17, 15) is 0 Å². The van der Waals surface area contributed by atoms with Crippen molar-refractivity contribution in [2.24, 2.45) is 5.92 Å². The molecule has 2 rings (SSSR count). The van der Waals surface area contributed by atoms with Crippen LogP contribution in [0.5, 0.6) is 0 Å². The van der Waals surface area contributed by atoms with Gasteiger partial charge >= 0.3 is 0 Å². The van der Waals surface area contributed by atoms with Gasteiger partial charge in [0.2, 0.25) is 0 Å². The predicted octanol–water partition coefficient (Wildman–Crippen LogP) is 3.68. The number of aromatic nitrogens is 2. The van der Waals surface area contributed by atoms with Crippen molar-refractivity contribution in [3.63, 3.8) is 0 Å². The molecule has 3 nitrogen and oxygen atoms in total. The van der Waals surface area contributed by atoms with E-state index in [1.165, 1.54) is 36.3 Å². The Bertz CT molecular complexity index is 377. The Labute approximate surface area is 115 Å². The third kappa shape index (κ3) is 3.09. The summed E-state index contributed by atoms with van der Waals surface area (Å²) in [6.45, 7) is 9.86. The molecule has 1 saturated carbocycles. The van der Waals surface area contributed by atoms with Crippen molar-refractivity contribution < 1.29 is 0 Å². The summed E-state index contributed by atoms with van der Waals surface area (Å²) in [7, 11) is 0. The summed E-state index contributed by atoms with van der Waals surface area (Å²) >= 11 is 1.58. The second kappa shape index (κ2) is 5.66. The molecule has 102 valence electrons. The Balaban J connectivity index is 2.16. The van der Waals surface area contributed by atoms with Crippen LogP contribution in [0.15, 0.2) is 0 Å². The van der Waals surface area contributed by atoms with E-state index in [-0.39, 0.29) is 5.41 Å². The van der Waals surface area contributed by atoms with Gasteiger partial charge in [0.1, 0.15) is 0 Å². The largest absolute Gasteiger partial charge is 0.309 e. The molecule has 1 N–H and O–H groups in total. The summed E-state index contributed by atoms with van der Waals surface area (Å²) in [5, 5.41) is 8.00. The second-order valence-electron chi connectivity index (χ2n) is 6.38. The topological polar surface area (TPSA) is 37.8 Å². The maximum atomic E-state index is 4.37. The highest BCUT2D eigenvalue weighted by molar-refractivity contribution is 7.05. The Morgan fingerprint density at radius 3 is 2.61 bits per heavy atom. The lowest BCUT2D eigenvalue weighted by atomic mass is 9.79. The normalized spacial score (nSPS) is 18.7. The van der Waals surface area contributed by atoms with E-state index < -0.39 is 0 Å². The van der Waals surface area contributed by atoms with Crippen LogP contribution >= 0.6 is 11.5 Å². The summed E-state index contributed by atoms with van der Waals surface area (Å²) in [6, 6.07) is 0.453. The van der Waals surface area contributed by atoms with Gasteiger partial charge in [-0.05, 0) is 30.4 Å². The van der Waals surface area contributed by atoms with Crippen LogP contribution in [-0.4, -0.2) is 16.1 Å². The van der Waals surface area contributed by atoms with Crippen molar-refractivity contribution in [3.05, 3.63) is 10.6 Å². The highest BCUT2D eigenvalue weighted by Gasteiger charge is 2.29. The number of hydrogen-bond donors (Lipinski definition) is 1. The predicted molar refractivity (Wildman–Crippen MR) is 77.0 cm³/mol. The van der Waals surface area contributed by atoms with Gasteiger partial charge in [-0.3, -0.25) is 0 Å². The monoisotopic (exact) mass is 267 g/mol. The molecule has 1 atom stereocenters. The molecule has 1 aromatic heterocycles. The number of nitrogens with one attached hydrogen (secondary N) is 1. The van der Waals surface area contributed by atoms with Gasteiger partial charge in [0.25, 0.3) is 0 Å². The summed E-state index contributed by atoms with van der Waals surface area (Å²) in [5.74, 6) is 0.906. The van der Waals surface area contributed by atoms with Crippen LogP contribution in [0.1, 0.15) is 70.0 Å². The van der Waals surface area contributed by atoms with E-state index in [0.29, 0.717) is 6.04 Å². The molecule has 18 heavy (non-hydrogen) atoms. The summed E-state index contributed by atoms with van der Waals surface area (Å²) < 4.78 is 4.19. The maximum absolute atomic E-state index is 4.37. The smallest absolute Gasteiger partial charge is 0.0857 e. The van der Waals surface area contributed by atoms with Crippen LogP contribution in [0.2, 0.25) is 0 Å². The average molecular weight is 267 g/mol. The van der Waals surface area contributed by atoms with Crippen LogP contribution in [0.25, 0.3) is 0 Å². The Hall–Kier alpha value is -0.480. The van der Waals surface area contributed by atoms with Crippen molar-refractivity contribution in [1.29, 1.82) is 0 Å². The van der Waals surface area contributed by atoms with Gasteiger partial charge in [-0.1, -0.05) is 51.4 Å². The summed E-state index contributed by atoms with van der Waals surface area (Å²) in [4.78, 5) is 1.36. The van der Waals surface area contributed by atoms with Crippen LogP contribution in [0, 0.1) is 5.92 Å². The third-order valence-electron chi connectivity index (χ3n) is 3.78. The molecule has 1 aliphatic rings. The fraction of sp³-hybridized carbons (Fsp3) is 0.857. The van der Waals surface area contributed by atoms with E-state index in [2.05, 4.69) is 42.6 Å². The highest BCUT2D eigenvalue weighted by Crippen LogP contribution is 2.38. The van der Waals surface area contributed by atoms with E-state index >= 15 is 0 Å². The molecule has 0 amide bonds. The molecule has 0 aromatic carbocycles. The van der Waals surface area contributed by atoms with Gasteiger partial charge in [-0.15, -0.1) is 5.10 Å². The first-order chi connectivity index (χ1) is 8.52. The zero-order valence-corrected chi connectivity index (χ0v) is 12.8. The number of nitrogens with zero attached hydrogens (tertiary/aromatic N) is 2. The van der Waals surface area contributed by atoms with Gasteiger partial charge in [0.05, 0.1) is 10.6 Å². The SMILES string of the molecule is CCNC(CC1CCC1)c1snnc1C(C)(C)C. The lowest BCUT2D eigenvalue weighted by Crippen LogP contribution is -2.27. The second-order valence-corrected chi connectivity index (χ2v) is 7.16. The number of rotatable bonds is 5. The summed E-state index contributed by atoms with van der Waals surface area (Å²) in [6.07, 6.45) is 5.47. The van der Waals surface area contributed by atoms with Gasteiger partial charge < -0.3 is 5.32 Å². The molecular weight excluding hydrogens is 242 g/mol. The molecule has 0 bridgehead atoms. The average Bonchev–Trinajstić information content (AvgIpc) is 2.69. The van der Waals surface area contributed by atoms with Crippen molar-refractivity contribution in [2.75, 3.05) is 6.54 Å². The molecule has 0 spiro atoms. The van der Waals surface area contributed by atoms with E-state index in [4.69, 9.17) is 0 Å². The minimum Gasteiger partial charge on any atom is -0.309 e. The summed E-state index contributed by atoms with van der Waals surface area (Å²) in [5.41, 5.74) is 1.27. The molecule has 0 aliphatic heterocycles. The minimum atomic E-state index is 0.0929. The quantitative estimate of drug-likeness (QED) is 0.884. The fourth-order valence-corrected chi connectivity index (χ4v) is 3.49. The zero-order valence-electron chi connectivity index (χ0n) is 12.0. The lowest BCUT2D eigenvalue weighted by molar-refractivity contribution is 0.262. The standard InChI is InChI=1S/C14H25N3S/c1-5-15-11(9-10-7-6-8-10)12-13(14(2,3)4)16-17-18-12/h10-11,15H,5-9H2,1-4H3. The molecule has 1 aliphatic carbocycles. The van der Waals surface area contributed by atoms with Crippen molar-refractivity contribution in [3.8, 4) is 0 Å². The highest BCUT2D eigenvalue weighted by atomic mass is 32.1. The first kappa shape index (κ1) is 13.9.